The van der Waals surface area contributed by atoms with Gasteiger partial charge in [-0.05, 0) is 57.5 Å². The van der Waals surface area contributed by atoms with E-state index in [1.54, 1.807) is 6.20 Å². The van der Waals surface area contributed by atoms with Crippen LogP contribution in [0.3, 0.4) is 0 Å². The summed E-state index contributed by atoms with van der Waals surface area (Å²) < 4.78 is 2.11. The second-order valence-corrected chi connectivity index (χ2v) is 9.03. The van der Waals surface area contributed by atoms with Gasteiger partial charge >= 0.3 is 0 Å². The van der Waals surface area contributed by atoms with Crippen molar-refractivity contribution in [2.75, 3.05) is 25.5 Å². The molecule has 0 spiro atoms. The van der Waals surface area contributed by atoms with Crippen molar-refractivity contribution < 1.29 is 4.79 Å². The summed E-state index contributed by atoms with van der Waals surface area (Å²) in [6.45, 7) is 2.23. The highest BCUT2D eigenvalue weighted by molar-refractivity contribution is 5.92. The molecule has 2 aromatic heterocycles. The summed E-state index contributed by atoms with van der Waals surface area (Å²) in [5, 5.41) is 8.53. The molecule has 2 fully saturated rings. The molecule has 0 atom stereocenters. The lowest BCUT2D eigenvalue weighted by Crippen LogP contribution is -2.31. The molecule has 5 rings (SSSR count). The number of anilines is 1. The Hall–Kier alpha value is -2.80. The molecule has 2 aliphatic rings. The summed E-state index contributed by atoms with van der Waals surface area (Å²) in [4.78, 5) is 23.9. The van der Waals surface area contributed by atoms with Gasteiger partial charge in [0.05, 0.1) is 17.8 Å². The molecule has 0 bridgehead atoms. The first-order valence-electron chi connectivity index (χ1n) is 11.5. The zero-order valence-electron chi connectivity index (χ0n) is 18.1. The predicted molar refractivity (Wildman–Crippen MR) is 122 cm³/mol. The van der Waals surface area contributed by atoms with Gasteiger partial charge in [0.25, 0.3) is 0 Å². The summed E-state index contributed by atoms with van der Waals surface area (Å²) in [6.07, 6.45) is 13.5. The van der Waals surface area contributed by atoms with Gasteiger partial charge in [0.2, 0.25) is 11.9 Å². The topological polar surface area (TPSA) is 75.9 Å². The number of piperidine rings is 1. The van der Waals surface area contributed by atoms with E-state index in [4.69, 9.17) is 0 Å². The van der Waals surface area contributed by atoms with Crippen LogP contribution in [0.15, 0.2) is 36.8 Å². The Labute approximate surface area is 182 Å². The molecule has 7 nitrogen and oxygen atoms in total. The van der Waals surface area contributed by atoms with Crippen molar-refractivity contribution >= 4 is 22.8 Å². The van der Waals surface area contributed by atoms with Gasteiger partial charge in [0.15, 0.2) is 0 Å². The Morgan fingerprint density at radius 2 is 1.84 bits per heavy atom. The summed E-state index contributed by atoms with van der Waals surface area (Å²) in [5.74, 6) is 0.529. The third-order valence-electron chi connectivity index (χ3n) is 6.79. The van der Waals surface area contributed by atoms with Crippen molar-refractivity contribution in [3.05, 3.63) is 36.8 Å². The highest BCUT2D eigenvalue weighted by atomic mass is 16.2. The second-order valence-electron chi connectivity index (χ2n) is 9.03. The molecular weight excluding hydrogens is 388 g/mol. The number of hydrogen-bond donors (Lipinski definition) is 1. The Balaban J connectivity index is 1.34. The fourth-order valence-electron chi connectivity index (χ4n) is 4.79. The quantitative estimate of drug-likeness (QED) is 0.684. The first kappa shape index (κ1) is 20.1. The molecule has 0 unspecified atom stereocenters. The van der Waals surface area contributed by atoms with Crippen LogP contribution in [0.25, 0.3) is 22.0 Å². The predicted octanol–water partition coefficient (Wildman–Crippen LogP) is 4.28. The van der Waals surface area contributed by atoms with Crippen LogP contribution < -0.4 is 5.32 Å². The van der Waals surface area contributed by atoms with E-state index in [1.165, 1.54) is 6.42 Å². The Kier molecular flexibility index (Phi) is 5.68. The number of aromatic nitrogens is 4. The van der Waals surface area contributed by atoms with Crippen molar-refractivity contribution in [3.63, 3.8) is 0 Å². The number of benzene rings is 1. The van der Waals surface area contributed by atoms with Gasteiger partial charge in [-0.15, -0.1) is 0 Å². The maximum absolute atomic E-state index is 12.6. The van der Waals surface area contributed by atoms with Crippen molar-refractivity contribution in [2.45, 2.75) is 51.0 Å². The minimum absolute atomic E-state index is 0.0506. The highest BCUT2D eigenvalue weighted by Crippen LogP contribution is 2.28. The van der Waals surface area contributed by atoms with Gasteiger partial charge in [0, 0.05) is 29.3 Å². The molecule has 3 heterocycles. The van der Waals surface area contributed by atoms with E-state index in [0.29, 0.717) is 12.0 Å². The number of nitrogens with one attached hydrogen (secondary N) is 1. The number of likely N-dealkylation sites (tertiary alicyclic amines) is 1. The molecule has 162 valence electrons. The Morgan fingerprint density at radius 1 is 1.03 bits per heavy atom. The maximum Gasteiger partial charge on any atom is 0.229 e. The molecule has 3 aromatic rings. The lowest BCUT2D eigenvalue weighted by Gasteiger charge is -2.28. The van der Waals surface area contributed by atoms with Crippen LogP contribution in [0.4, 0.5) is 5.95 Å². The molecular formula is C24H30N6O. The number of fused-ring (bicyclic) bond motifs is 1. The monoisotopic (exact) mass is 418 g/mol. The van der Waals surface area contributed by atoms with Gasteiger partial charge < -0.3 is 4.90 Å². The summed E-state index contributed by atoms with van der Waals surface area (Å²) in [6, 6.07) is 6.64. The van der Waals surface area contributed by atoms with Crippen LogP contribution in [-0.4, -0.2) is 50.7 Å². The smallest absolute Gasteiger partial charge is 0.229 e. The van der Waals surface area contributed by atoms with Crippen molar-refractivity contribution in [2.24, 2.45) is 5.92 Å². The minimum Gasteiger partial charge on any atom is -0.306 e. The van der Waals surface area contributed by atoms with E-state index in [9.17, 15) is 4.79 Å². The fourth-order valence-corrected chi connectivity index (χ4v) is 4.79. The molecule has 1 aromatic carbocycles. The number of carbonyl (C=O) groups excluding carboxylic acids is 1. The molecule has 1 saturated carbocycles. The first-order valence-corrected chi connectivity index (χ1v) is 11.5. The number of rotatable bonds is 4. The molecule has 0 radical (unpaired) electrons. The summed E-state index contributed by atoms with van der Waals surface area (Å²) in [7, 11) is 2.17. The van der Waals surface area contributed by atoms with Gasteiger partial charge in [-0.3, -0.25) is 14.8 Å². The maximum atomic E-state index is 12.6. The van der Waals surface area contributed by atoms with Crippen LogP contribution in [-0.2, 0) is 4.79 Å². The van der Waals surface area contributed by atoms with Crippen molar-refractivity contribution in [1.29, 1.82) is 0 Å². The number of carbonyl (C=O) groups is 1. The number of amides is 1. The molecule has 31 heavy (non-hydrogen) atoms. The van der Waals surface area contributed by atoms with Gasteiger partial charge in [-0.25, -0.2) is 9.97 Å². The molecule has 1 aliphatic carbocycles. The van der Waals surface area contributed by atoms with Crippen molar-refractivity contribution in [3.8, 4) is 11.1 Å². The van der Waals surface area contributed by atoms with E-state index in [1.807, 2.05) is 12.3 Å². The molecule has 1 saturated heterocycles. The summed E-state index contributed by atoms with van der Waals surface area (Å²) in [5.41, 5.74) is 3.00. The van der Waals surface area contributed by atoms with Crippen LogP contribution in [0, 0.1) is 5.92 Å². The Morgan fingerprint density at radius 3 is 2.65 bits per heavy atom. The van der Waals surface area contributed by atoms with Crippen LogP contribution in [0.1, 0.15) is 51.0 Å². The van der Waals surface area contributed by atoms with E-state index >= 15 is 0 Å². The molecule has 7 heteroatoms. The van der Waals surface area contributed by atoms with Gasteiger partial charge in [0.1, 0.15) is 0 Å². The van der Waals surface area contributed by atoms with E-state index < -0.39 is 0 Å². The summed E-state index contributed by atoms with van der Waals surface area (Å²) >= 11 is 0. The fraction of sp³-hybridized carbons (Fsp3) is 0.500. The Bertz CT molecular complexity index is 1060. The molecule has 1 N–H and O–H groups in total. The lowest BCUT2D eigenvalue weighted by molar-refractivity contribution is -0.120. The zero-order valence-corrected chi connectivity index (χ0v) is 18.1. The third-order valence-corrected chi connectivity index (χ3v) is 6.79. The standard InChI is InChI=1S/C24H30N6O/c1-29-11-9-21(10-12-29)30-16-20(15-26-30)18-7-8-19-14-25-24(27-22(19)13-18)28-23(31)17-5-3-2-4-6-17/h7-8,13-17,21H,2-6,9-12H2,1H3,(H,25,27,28,31). The largest absolute Gasteiger partial charge is 0.306 e. The van der Waals surface area contributed by atoms with E-state index in [-0.39, 0.29) is 11.8 Å². The molecule has 1 amide bonds. The zero-order chi connectivity index (χ0) is 21.2. The average molecular weight is 419 g/mol. The highest BCUT2D eigenvalue weighted by Gasteiger charge is 2.22. The third kappa shape index (κ3) is 4.46. The van der Waals surface area contributed by atoms with Crippen molar-refractivity contribution in [1.82, 2.24) is 24.6 Å². The van der Waals surface area contributed by atoms with Crippen LogP contribution in [0.5, 0.6) is 0 Å². The lowest BCUT2D eigenvalue weighted by atomic mass is 9.89. The first-order chi connectivity index (χ1) is 15.2. The van der Waals surface area contributed by atoms with Gasteiger partial charge in [-0.1, -0.05) is 31.4 Å². The average Bonchev–Trinajstić information content (AvgIpc) is 3.30. The minimum atomic E-state index is 0.0506. The second kappa shape index (κ2) is 8.75. The van der Waals surface area contributed by atoms with E-state index in [2.05, 4.69) is 55.3 Å². The SMILES string of the molecule is CN1CCC(n2cc(-c3ccc4cnc(NC(=O)C5CCCCC5)nc4c3)cn2)CC1. The number of nitrogens with zero attached hydrogens (tertiary/aromatic N) is 5. The van der Waals surface area contributed by atoms with Crippen LogP contribution in [0.2, 0.25) is 0 Å². The van der Waals surface area contributed by atoms with Crippen LogP contribution >= 0.6 is 0 Å². The van der Waals surface area contributed by atoms with E-state index in [0.717, 1.165) is 73.6 Å². The van der Waals surface area contributed by atoms with Gasteiger partial charge in [-0.2, -0.15) is 5.10 Å². The normalized spacial score (nSPS) is 19.0. The molecule has 1 aliphatic heterocycles. The number of hydrogen-bond acceptors (Lipinski definition) is 5.